The fourth-order valence-corrected chi connectivity index (χ4v) is 3.12. The summed E-state index contributed by atoms with van der Waals surface area (Å²) < 4.78 is 0. The first-order valence-corrected chi connectivity index (χ1v) is 10.6. The molecule has 0 radical (unpaired) electrons. The topological polar surface area (TPSA) is 142 Å². The van der Waals surface area contributed by atoms with Crippen LogP contribution in [0.5, 0.6) is 0 Å². The highest BCUT2D eigenvalue weighted by Crippen LogP contribution is 2.19. The molecule has 0 saturated heterocycles. The summed E-state index contributed by atoms with van der Waals surface area (Å²) in [5.41, 5.74) is 6.88. The van der Waals surface area contributed by atoms with Crippen LogP contribution in [0.25, 0.3) is 0 Å². The molecule has 0 bridgehead atoms. The molecule has 0 unspecified atom stereocenters. The van der Waals surface area contributed by atoms with Crippen molar-refractivity contribution in [3.63, 3.8) is 0 Å². The molecule has 0 aliphatic heterocycles. The molecule has 3 amide bonds. The second kappa shape index (κ2) is 10.3. The maximum absolute atomic E-state index is 12.6. The molecule has 0 atom stereocenters. The van der Waals surface area contributed by atoms with Crippen LogP contribution in [0, 0.1) is 0 Å². The van der Waals surface area contributed by atoms with Gasteiger partial charge in [0, 0.05) is 23.5 Å². The minimum Gasteiger partial charge on any atom is -0.351 e. The summed E-state index contributed by atoms with van der Waals surface area (Å²) in [6, 6.07) is 13.2. The number of nitrogens with one attached hydrogen (secondary N) is 4. The first-order chi connectivity index (χ1) is 15.6. The molecule has 1 aromatic heterocycles. The zero-order valence-corrected chi connectivity index (χ0v) is 19.0. The molecule has 0 saturated carbocycles. The van der Waals surface area contributed by atoms with Gasteiger partial charge in [-0.1, -0.05) is 23.7 Å². The van der Waals surface area contributed by atoms with Crippen molar-refractivity contribution in [3.8, 4) is 0 Å². The van der Waals surface area contributed by atoms with Gasteiger partial charge in [-0.15, -0.1) is 0 Å². The van der Waals surface area contributed by atoms with Crippen molar-refractivity contribution in [1.82, 2.24) is 15.3 Å². The molecule has 0 spiro atoms. The first kappa shape index (κ1) is 24.0. The summed E-state index contributed by atoms with van der Waals surface area (Å²) in [4.78, 5) is 44.1. The third-order valence-corrected chi connectivity index (χ3v) is 4.99. The monoisotopic (exact) mass is 468 g/mol. The second-order valence-corrected chi connectivity index (χ2v) is 8.49. The number of amides is 3. The quantitative estimate of drug-likeness (QED) is 0.344. The Morgan fingerprint density at radius 3 is 2.18 bits per heavy atom. The van der Waals surface area contributed by atoms with Crippen LogP contribution in [0.2, 0.25) is 5.02 Å². The van der Waals surface area contributed by atoms with Crippen molar-refractivity contribution >= 4 is 40.7 Å². The van der Waals surface area contributed by atoms with E-state index in [1.54, 1.807) is 48.5 Å². The molecule has 10 heteroatoms. The number of hydrogen-bond donors (Lipinski definition) is 5. The number of nitrogens with two attached hydrogens (primary N) is 1. The van der Waals surface area contributed by atoms with Crippen molar-refractivity contribution in [3.05, 3.63) is 76.8 Å². The number of benzene rings is 2. The Hall–Kier alpha value is -3.69. The molecule has 2 aromatic carbocycles. The van der Waals surface area contributed by atoms with Crippen LogP contribution < -0.4 is 21.7 Å². The van der Waals surface area contributed by atoms with Crippen molar-refractivity contribution in [1.29, 1.82) is 0 Å². The molecule has 172 valence electrons. The van der Waals surface area contributed by atoms with E-state index < -0.39 is 17.4 Å². The summed E-state index contributed by atoms with van der Waals surface area (Å²) in [6.07, 6.45) is 1.86. The van der Waals surface area contributed by atoms with Gasteiger partial charge in [0.05, 0.1) is 16.9 Å². The number of carbonyl (C=O) groups is 3. The number of anilines is 2. The first-order valence-electron chi connectivity index (χ1n) is 10.2. The predicted molar refractivity (Wildman–Crippen MR) is 128 cm³/mol. The van der Waals surface area contributed by atoms with E-state index in [-0.39, 0.29) is 17.3 Å². The lowest BCUT2D eigenvalue weighted by Crippen LogP contribution is -2.37. The van der Waals surface area contributed by atoms with E-state index >= 15 is 0 Å². The van der Waals surface area contributed by atoms with E-state index in [1.807, 2.05) is 13.8 Å². The maximum Gasteiger partial charge on any atom is 0.276 e. The third-order valence-electron chi connectivity index (χ3n) is 4.66. The van der Waals surface area contributed by atoms with Crippen LogP contribution in [0.4, 0.5) is 11.4 Å². The highest BCUT2D eigenvalue weighted by molar-refractivity contribution is 6.34. The molecule has 6 N–H and O–H groups in total. The standard InChI is InChI=1S/C23H25ClN6O3/c1-23(2,25)11-12-26-21(32)18-19(28-13-27-18)22(33)30-15-9-7-14(8-10-15)29-20(31)16-5-3-4-6-17(16)24/h3-10,13H,11-12,25H2,1-2H3,(H,26,32)(H,27,28)(H,29,31)(H,30,33). The Bertz CT molecular complexity index is 1150. The molecule has 1 heterocycles. The molecule has 3 rings (SSSR count). The van der Waals surface area contributed by atoms with E-state index in [0.29, 0.717) is 34.9 Å². The molecule has 9 nitrogen and oxygen atoms in total. The number of nitrogens with zero attached hydrogens (tertiary/aromatic N) is 1. The third kappa shape index (κ3) is 6.64. The van der Waals surface area contributed by atoms with E-state index in [9.17, 15) is 14.4 Å². The summed E-state index contributed by atoms with van der Waals surface area (Å²) in [5.74, 6) is -1.34. The molecule has 3 aromatic rings. The largest absolute Gasteiger partial charge is 0.351 e. The number of carbonyl (C=O) groups excluding carboxylic acids is 3. The molecule has 33 heavy (non-hydrogen) atoms. The molecular formula is C23H25ClN6O3. The van der Waals surface area contributed by atoms with Crippen LogP contribution in [0.15, 0.2) is 54.9 Å². The Morgan fingerprint density at radius 1 is 0.970 bits per heavy atom. The van der Waals surface area contributed by atoms with Gasteiger partial charge in [0.1, 0.15) is 5.69 Å². The van der Waals surface area contributed by atoms with Gasteiger partial charge in [-0.25, -0.2) is 4.98 Å². The fraction of sp³-hybridized carbons (Fsp3) is 0.217. The molecule has 0 aliphatic carbocycles. The van der Waals surface area contributed by atoms with Gasteiger partial charge in [-0.3, -0.25) is 14.4 Å². The lowest BCUT2D eigenvalue weighted by molar-refractivity contribution is 0.0933. The lowest BCUT2D eigenvalue weighted by atomic mass is 10.0. The van der Waals surface area contributed by atoms with Crippen LogP contribution >= 0.6 is 11.6 Å². The van der Waals surface area contributed by atoms with E-state index in [4.69, 9.17) is 17.3 Å². The highest BCUT2D eigenvalue weighted by atomic mass is 35.5. The minimum absolute atomic E-state index is 0.0318. The number of H-pyrrole nitrogens is 1. The van der Waals surface area contributed by atoms with Crippen molar-refractivity contribution < 1.29 is 14.4 Å². The smallest absolute Gasteiger partial charge is 0.276 e. The zero-order chi connectivity index (χ0) is 24.0. The molecule has 0 aliphatic rings. The van der Waals surface area contributed by atoms with Crippen molar-refractivity contribution in [2.24, 2.45) is 5.73 Å². The Morgan fingerprint density at radius 2 is 1.58 bits per heavy atom. The van der Waals surface area contributed by atoms with Crippen LogP contribution in [0.1, 0.15) is 51.6 Å². The maximum atomic E-state index is 12.6. The number of aromatic amines is 1. The highest BCUT2D eigenvalue weighted by Gasteiger charge is 2.21. The zero-order valence-electron chi connectivity index (χ0n) is 18.2. The van der Waals surface area contributed by atoms with Gasteiger partial charge in [-0.2, -0.15) is 0 Å². The van der Waals surface area contributed by atoms with Gasteiger partial charge >= 0.3 is 0 Å². The van der Waals surface area contributed by atoms with Gasteiger partial charge in [0.25, 0.3) is 17.7 Å². The average molecular weight is 469 g/mol. The molecule has 0 fully saturated rings. The number of rotatable bonds is 8. The minimum atomic E-state index is -0.548. The summed E-state index contributed by atoms with van der Waals surface area (Å²) in [7, 11) is 0. The number of imidazole rings is 1. The van der Waals surface area contributed by atoms with Gasteiger partial charge in [0.2, 0.25) is 0 Å². The van der Waals surface area contributed by atoms with Crippen molar-refractivity contribution in [2.45, 2.75) is 25.8 Å². The predicted octanol–water partition coefficient (Wildman–Crippen LogP) is 3.42. The summed E-state index contributed by atoms with van der Waals surface area (Å²) >= 11 is 6.05. The summed E-state index contributed by atoms with van der Waals surface area (Å²) in [5, 5.41) is 8.51. The average Bonchev–Trinajstić information content (AvgIpc) is 3.25. The number of aromatic nitrogens is 2. The fourth-order valence-electron chi connectivity index (χ4n) is 2.90. The Balaban J connectivity index is 1.60. The van der Waals surface area contributed by atoms with Gasteiger partial charge in [-0.05, 0) is 56.7 Å². The second-order valence-electron chi connectivity index (χ2n) is 8.09. The summed E-state index contributed by atoms with van der Waals surface area (Å²) in [6.45, 7) is 4.09. The van der Waals surface area contributed by atoms with E-state index in [0.717, 1.165) is 0 Å². The molecular weight excluding hydrogens is 444 g/mol. The number of hydrogen-bond acceptors (Lipinski definition) is 5. The van der Waals surface area contributed by atoms with Gasteiger partial charge in [0.15, 0.2) is 5.69 Å². The van der Waals surface area contributed by atoms with Crippen molar-refractivity contribution in [2.75, 3.05) is 17.2 Å². The Labute approximate surface area is 196 Å². The van der Waals surface area contributed by atoms with Gasteiger partial charge < -0.3 is 26.7 Å². The normalized spacial score (nSPS) is 11.0. The lowest BCUT2D eigenvalue weighted by Gasteiger charge is -2.18. The van der Waals surface area contributed by atoms with Crippen LogP contribution in [-0.2, 0) is 0 Å². The van der Waals surface area contributed by atoms with E-state index in [2.05, 4.69) is 25.9 Å². The van der Waals surface area contributed by atoms with Crippen LogP contribution in [-0.4, -0.2) is 39.8 Å². The van der Waals surface area contributed by atoms with E-state index in [1.165, 1.54) is 6.33 Å². The Kier molecular flexibility index (Phi) is 7.47. The van der Waals surface area contributed by atoms with Crippen LogP contribution in [0.3, 0.4) is 0 Å². The number of halogens is 1. The SMILES string of the molecule is CC(C)(N)CCNC(=O)c1[nH]cnc1C(=O)Nc1ccc(NC(=O)c2ccccc2Cl)cc1.